The number of nitrogens with zero attached hydrogens (tertiary/aromatic N) is 2. The lowest BCUT2D eigenvalue weighted by atomic mass is 10.1. The molecule has 0 unspecified atom stereocenters. The molecular weight excluding hydrogens is 399 g/mol. The minimum Gasteiger partial charge on any atom is -0.306 e. The van der Waals surface area contributed by atoms with Gasteiger partial charge in [-0.15, -0.1) is 0 Å². The summed E-state index contributed by atoms with van der Waals surface area (Å²) in [7, 11) is 0. The van der Waals surface area contributed by atoms with Crippen LogP contribution in [-0.2, 0) is 4.79 Å². The van der Waals surface area contributed by atoms with E-state index in [4.69, 9.17) is 0 Å². The summed E-state index contributed by atoms with van der Waals surface area (Å²) < 4.78 is 1.20. The number of hydrogen-bond donors (Lipinski definition) is 0. The Labute approximate surface area is 150 Å². The Kier molecular flexibility index (Phi) is 4.80. The summed E-state index contributed by atoms with van der Waals surface area (Å²) in [6, 6.07) is 14.0. The third-order valence-corrected chi connectivity index (χ3v) is 5.23. The Bertz CT molecular complexity index is 783. The number of aliphatic imine (C=N–C) groups is 1. The molecule has 2 aromatic rings. The van der Waals surface area contributed by atoms with Crippen LogP contribution in [0.4, 0.5) is 11.4 Å². The van der Waals surface area contributed by atoms with E-state index in [1.54, 1.807) is 0 Å². The smallest absolute Gasteiger partial charge is 0.277 e. The zero-order valence-corrected chi connectivity index (χ0v) is 15.5. The van der Waals surface area contributed by atoms with Gasteiger partial charge in [-0.3, -0.25) is 4.79 Å². The molecule has 1 aliphatic heterocycles. The van der Waals surface area contributed by atoms with E-state index in [1.165, 1.54) is 9.13 Å². The van der Waals surface area contributed by atoms with Crippen molar-refractivity contribution in [3.8, 4) is 0 Å². The van der Waals surface area contributed by atoms with Crippen LogP contribution in [0, 0.1) is 10.5 Å². The van der Waals surface area contributed by atoms with Gasteiger partial charge in [-0.1, -0.05) is 31.5 Å². The Morgan fingerprint density at radius 1 is 1.17 bits per heavy atom. The second-order valence-corrected chi connectivity index (χ2v) is 6.88. The molecule has 0 aliphatic carbocycles. The highest BCUT2D eigenvalue weighted by Crippen LogP contribution is 2.31. The molecule has 0 spiro atoms. The fourth-order valence-corrected chi connectivity index (χ4v) is 3.07. The number of aryl methyl sites for hydroxylation is 1. The first kappa shape index (κ1) is 16.2. The van der Waals surface area contributed by atoms with E-state index < -0.39 is 0 Å². The molecular formula is C19H19IN2O. The summed E-state index contributed by atoms with van der Waals surface area (Å²) in [4.78, 5) is 19.3. The van der Waals surface area contributed by atoms with E-state index >= 15 is 0 Å². The Hall–Kier alpha value is -1.69. The van der Waals surface area contributed by atoms with Gasteiger partial charge in [-0.05, 0) is 65.8 Å². The topological polar surface area (TPSA) is 32.7 Å². The van der Waals surface area contributed by atoms with Gasteiger partial charge in [0.05, 0.1) is 11.4 Å². The summed E-state index contributed by atoms with van der Waals surface area (Å²) in [5.41, 5.74) is 4.47. The molecule has 0 bridgehead atoms. The van der Waals surface area contributed by atoms with Crippen LogP contribution >= 0.6 is 22.6 Å². The number of para-hydroxylation sites is 1. The van der Waals surface area contributed by atoms with Gasteiger partial charge in [0.2, 0.25) is 0 Å². The molecule has 0 fully saturated rings. The Morgan fingerprint density at radius 3 is 2.70 bits per heavy atom. The number of benzene rings is 2. The lowest BCUT2D eigenvalue weighted by molar-refractivity contribution is -0.112. The average Bonchev–Trinajstić information content (AvgIpc) is 2.81. The molecule has 4 heteroatoms. The van der Waals surface area contributed by atoms with Gasteiger partial charge < -0.3 is 4.90 Å². The molecule has 23 heavy (non-hydrogen) atoms. The third kappa shape index (κ3) is 3.17. The maximum Gasteiger partial charge on any atom is 0.277 e. The molecule has 0 N–H and O–H groups in total. The quantitative estimate of drug-likeness (QED) is 0.653. The maximum atomic E-state index is 12.8. The minimum absolute atomic E-state index is 0.0100. The predicted molar refractivity (Wildman–Crippen MR) is 104 cm³/mol. The maximum absolute atomic E-state index is 12.8. The number of rotatable bonds is 4. The zero-order valence-electron chi connectivity index (χ0n) is 13.3. The van der Waals surface area contributed by atoms with Gasteiger partial charge in [-0.2, -0.15) is 0 Å². The van der Waals surface area contributed by atoms with E-state index in [0.717, 1.165) is 36.3 Å². The summed E-state index contributed by atoms with van der Waals surface area (Å²) >= 11 is 2.30. The second kappa shape index (κ2) is 6.83. The van der Waals surface area contributed by atoms with Crippen LogP contribution < -0.4 is 4.90 Å². The van der Waals surface area contributed by atoms with Crippen molar-refractivity contribution in [3.63, 3.8) is 0 Å². The normalized spacial score (nSPS) is 15.3. The molecule has 1 amide bonds. The summed E-state index contributed by atoms with van der Waals surface area (Å²) in [6.45, 7) is 4.94. The van der Waals surface area contributed by atoms with Gasteiger partial charge >= 0.3 is 0 Å². The number of unbranched alkanes of at least 4 members (excludes halogenated alkanes) is 1. The number of hydrogen-bond acceptors (Lipinski definition) is 2. The molecule has 118 valence electrons. The standard InChI is InChI=1S/C19H19IN2O/c1-3-4-11-22-17-8-6-5-7-15(17)18(19(22)23)21-14-9-10-16(20)13(2)12-14/h5-10,12H,3-4,11H2,1-2H3. The minimum atomic E-state index is 0.0100. The van der Waals surface area contributed by atoms with Crippen molar-refractivity contribution in [2.75, 3.05) is 11.4 Å². The van der Waals surface area contributed by atoms with Crippen molar-refractivity contribution < 1.29 is 4.79 Å². The Balaban J connectivity index is 2.03. The first-order valence-electron chi connectivity index (χ1n) is 7.88. The number of carbonyl (C=O) groups excluding carboxylic acids is 1. The van der Waals surface area contributed by atoms with Gasteiger partial charge in [0, 0.05) is 15.7 Å². The summed E-state index contributed by atoms with van der Waals surface area (Å²) in [6.07, 6.45) is 2.06. The lowest BCUT2D eigenvalue weighted by Crippen LogP contribution is -2.30. The number of amides is 1. The predicted octanol–water partition coefficient (Wildman–Crippen LogP) is 4.87. The third-order valence-electron chi connectivity index (χ3n) is 4.02. The van der Waals surface area contributed by atoms with Crippen molar-refractivity contribution in [1.29, 1.82) is 0 Å². The number of fused-ring (bicyclic) bond motifs is 1. The van der Waals surface area contributed by atoms with E-state index in [0.29, 0.717) is 5.71 Å². The first-order chi connectivity index (χ1) is 11.1. The fraction of sp³-hybridized carbons (Fsp3) is 0.263. The molecule has 1 heterocycles. The molecule has 3 nitrogen and oxygen atoms in total. The number of anilines is 1. The van der Waals surface area contributed by atoms with Crippen LogP contribution in [0.25, 0.3) is 0 Å². The van der Waals surface area contributed by atoms with Gasteiger partial charge in [0.25, 0.3) is 5.91 Å². The molecule has 0 radical (unpaired) electrons. The molecule has 0 saturated heterocycles. The van der Waals surface area contributed by atoms with Crippen molar-refractivity contribution >= 4 is 45.6 Å². The lowest BCUT2D eigenvalue weighted by Gasteiger charge is -2.15. The van der Waals surface area contributed by atoms with Gasteiger partial charge in [-0.25, -0.2) is 4.99 Å². The zero-order chi connectivity index (χ0) is 16.4. The van der Waals surface area contributed by atoms with Crippen LogP contribution in [0.15, 0.2) is 47.5 Å². The van der Waals surface area contributed by atoms with E-state index in [9.17, 15) is 4.79 Å². The van der Waals surface area contributed by atoms with Crippen LogP contribution in [0.3, 0.4) is 0 Å². The van der Waals surface area contributed by atoms with Crippen LogP contribution in [0.1, 0.15) is 30.9 Å². The number of carbonyl (C=O) groups is 1. The highest BCUT2D eigenvalue weighted by atomic mass is 127. The monoisotopic (exact) mass is 418 g/mol. The highest BCUT2D eigenvalue weighted by Gasteiger charge is 2.33. The van der Waals surface area contributed by atoms with Crippen LogP contribution in [0.2, 0.25) is 0 Å². The van der Waals surface area contributed by atoms with Crippen molar-refractivity contribution in [1.82, 2.24) is 0 Å². The van der Waals surface area contributed by atoms with E-state index in [2.05, 4.69) is 41.4 Å². The molecule has 1 aliphatic rings. The molecule has 0 atom stereocenters. The summed E-state index contributed by atoms with van der Waals surface area (Å²) in [5.74, 6) is 0.0100. The molecule has 2 aromatic carbocycles. The molecule has 0 saturated carbocycles. The average molecular weight is 418 g/mol. The van der Waals surface area contributed by atoms with Gasteiger partial charge in [0.1, 0.15) is 5.71 Å². The van der Waals surface area contributed by atoms with Crippen LogP contribution in [-0.4, -0.2) is 18.2 Å². The Morgan fingerprint density at radius 2 is 1.96 bits per heavy atom. The fourth-order valence-electron chi connectivity index (χ4n) is 2.74. The second-order valence-electron chi connectivity index (χ2n) is 5.72. The summed E-state index contributed by atoms with van der Waals surface area (Å²) in [5, 5.41) is 0. The van der Waals surface area contributed by atoms with Crippen molar-refractivity contribution in [3.05, 3.63) is 57.2 Å². The van der Waals surface area contributed by atoms with E-state index in [-0.39, 0.29) is 5.91 Å². The van der Waals surface area contributed by atoms with Crippen molar-refractivity contribution in [2.45, 2.75) is 26.7 Å². The SMILES string of the molecule is CCCCN1C(=O)C(=Nc2ccc(I)c(C)c2)c2ccccc21. The largest absolute Gasteiger partial charge is 0.306 e. The van der Waals surface area contributed by atoms with Gasteiger partial charge in [0.15, 0.2) is 0 Å². The number of halogens is 1. The van der Waals surface area contributed by atoms with Crippen molar-refractivity contribution in [2.24, 2.45) is 4.99 Å². The highest BCUT2D eigenvalue weighted by molar-refractivity contribution is 14.1. The molecule has 0 aromatic heterocycles. The molecule has 3 rings (SSSR count). The van der Waals surface area contributed by atoms with Crippen LogP contribution in [0.5, 0.6) is 0 Å². The first-order valence-corrected chi connectivity index (χ1v) is 8.96. The van der Waals surface area contributed by atoms with E-state index in [1.807, 2.05) is 47.4 Å².